The second-order valence-corrected chi connectivity index (χ2v) is 3.27. The molecule has 0 N–H and O–H groups in total. The van der Waals surface area contributed by atoms with E-state index < -0.39 is 0 Å². The lowest BCUT2D eigenvalue weighted by molar-refractivity contribution is 0.622. The lowest BCUT2D eigenvalue weighted by atomic mass is 10.3. The van der Waals surface area contributed by atoms with Crippen molar-refractivity contribution in [2.24, 2.45) is 0 Å². The minimum Gasteiger partial charge on any atom is -0.291 e. The molecular formula is C8H8Cl2N2O. The molecule has 3 nitrogen and oxygen atoms in total. The number of nitrogens with zero attached hydrogens (tertiary/aromatic N) is 2. The van der Waals surface area contributed by atoms with Gasteiger partial charge in [0.25, 0.3) is 5.56 Å². The van der Waals surface area contributed by atoms with Gasteiger partial charge in [-0.3, -0.25) is 9.36 Å². The summed E-state index contributed by atoms with van der Waals surface area (Å²) in [5.41, 5.74) is -0.353. The lowest BCUT2D eigenvalue weighted by Gasteiger charge is -2.09. The molecule has 0 bridgehead atoms. The largest absolute Gasteiger partial charge is 0.291 e. The highest BCUT2D eigenvalue weighted by Gasteiger charge is 2.09. The minimum atomic E-state index is -0.353. The Kier molecular flexibility index (Phi) is 3.12. The van der Waals surface area contributed by atoms with E-state index in [4.69, 9.17) is 23.2 Å². The van der Waals surface area contributed by atoms with Gasteiger partial charge in [-0.2, -0.15) is 0 Å². The smallest absolute Gasteiger partial charge is 0.274 e. The summed E-state index contributed by atoms with van der Waals surface area (Å²) in [6, 6.07) is -0.144. The number of hydrogen-bond donors (Lipinski definition) is 0. The average molecular weight is 219 g/mol. The van der Waals surface area contributed by atoms with Crippen LogP contribution in [0.2, 0.25) is 10.2 Å². The fraction of sp³-hybridized carbons (Fsp3) is 0.250. The minimum absolute atomic E-state index is 0.0270. The van der Waals surface area contributed by atoms with Crippen LogP contribution < -0.4 is 5.56 Å². The molecule has 1 aromatic heterocycles. The molecule has 0 spiro atoms. The zero-order chi connectivity index (χ0) is 10.0. The molecule has 0 saturated heterocycles. The van der Waals surface area contributed by atoms with Crippen LogP contribution in [0.5, 0.6) is 0 Å². The quantitative estimate of drug-likeness (QED) is 0.565. The van der Waals surface area contributed by atoms with Crippen LogP contribution in [0, 0.1) is 0 Å². The Bertz CT molecular complexity index is 386. The van der Waals surface area contributed by atoms with Gasteiger partial charge < -0.3 is 0 Å². The number of hydrogen-bond acceptors (Lipinski definition) is 2. The third-order valence-corrected chi connectivity index (χ3v) is 2.40. The summed E-state index contributed by atoms with van der Waals surface area (Å²) in [7, 11) is 0. The van der Waals surface area contributed by atoms with Gasteiger partial charge in [-0.1, -0.05) is 29.3 Å². The van der Waals surface area contributed by atoms with Crippen molar-refractivity contribution in [3.63, 3.8) is 0 Å². The first-order valence-corrected chi connectivity index (χ1v) is 4.38. The van der Waals surface area contributed by atoms with E-state index in [1.807, 2.05) is 0 Å². The fourth-order valence-corrected chi connectivity index (χ4v) is 1.10. The molecule has 0 aliphatic rings. The monoisotopic (exact) mass is 218 g/mol. The van der Waals surface area contributed by atoms with Crippen LogP contribution in [0.25, 0.3) is 0 Å². The van der Waals surface area contributed by atoms with E-state index >= 15 is 0 Å². The molecule has 1 unspecified atom stereocenters. The van der Waals surface area contributed by atoms with Gasteiger partial charge >= 0.3 is 0 Å². The van der Waals surface area contributed by atoms with Gasteiger partial charge in [-0.25, -0.2) is 4.98 Å². The van der Waals surface area contributed by atoms with Gasteiger partial charge in [-0.15, -0.1) is 6.58 Å². The van der Waals surface area contributed by atoms with Crippen LogP contribution in [0.3, 0.4) is 0 Å². The Labute approximate surface area is 85.6 Å². The number of aromatic nitrogens is 2. The molecule has 0 aromatic carbocycles. The van der Waals surface area contributed by atoms with Gasteiger partial charge in [0, 0.05) is 0 Å². The molecular weight excluding hydrogens is 211 g/mol. The van der Waals surface area contributed by atoms with Crippen molar-refractivity contribution in [3.8, 4) is 0 Å². The van der Waals surface area contributed by atoms with E-state index in [-0.39, 0.29) is 21.8 Å². The van der Waals surface area contributed by atoms with E-state index in [0.717, 1.165) is 0 Å². The molecule has 1 aromatic rings. The zero-order valence-corrected chi connectivity index (χ0v) is 8.51. The molecule has 0 aliphatic heterocycles. The summed E-state index contributed by atoms with van der Waals surface area (Å²) < 4.78 is 1.36. The highest BCUT2D eigenvalue weighted by Crippen LogP contribution is 2.14. The third-order valence-electron chi connectivity index (χ3n) is 1.68. The number of rotatable bonds is 2. The molecule has 70 valence electrons. The van der Waals surface area contributed by atoms with Crippen molar-refractivity contribution in [2.75, 3.05) is 0 Å². The zero-order valence-electron chi connectivity index (χ0n) is 7.00. The Morgan fingerprint density at radius 2 is 2.31 bits per heavy atom. The average Bonchev–Trinajstić information content (AvgIpc) is 2.13. The summed E-state index contributed by atoms with van der Waals surface area (Å²) in [4.78, 5) is 15.2. The van der Waals surface area contributed by atoms with Crippen LogP contribution in [-0.2, 0) is 0 Å². The molecule has 0 radical (unpaired) electrons. The Morgan fingerprint density at radius 1 is 1.69 bits per heavy atom. The maximum Gasteiger partial charge on any atom is 0.274 e. The molecule has 1 atom stereocenters. The second kappa shape index (κ2) is 3.94. The SMILES string of the molecule is C=CC(C)n1cnc(Cl)c(Cl)c1=O. The molecule has 0 aliphatic carbocycles. The molecule has 13 heavy (non-hydrogen) atoms. The fourth-order valence-electron chi connectivity index (χ4n) is 0.827. The first-order valence-electron chi connectivity index (χ1n) is 3.62. The van der Waals surface area contributed by atoms with Crippen LogP contribution in [0.4, 0.5) is 0 Å². The van der Waals surface area contributed by atoms with Crippen LogP contribution in [0.15, 0.2) is 23.8 Å². The summed E-state index contributed by atoms with van der Waals surface area (Å²) in [5, 5.41) is -0.0305. The predicted molar refractivity (Wildman–Crippen MR) is 53.4 cm³/mol. The van der Waals surface area contributed by atoms with Crippen molar-refractivity contribution in [3.05, 3.63) is 39.5 Å². The van der Waals surface area contributed by atoms with Gasteiger partial charge in [0.05, 0.1) is 12.4 Å². The van der Waals surface area contributed by atoms with E-state index in [2.05, 4.69) is 11.6 Å². The second-order valence-electron chi connectivity index (χ2n) is 2.54. The summed E-state index contributed by atoms with van der Waals surface area (Å²) >= 11 is 11.2. The van der Waals surface area contributed by atoms with Crippen LogP contribution in [0.1, 0.15) is 13.0 Å². The third kappa shape index (κ3) is 1.92. The molecule has 1 rings (SSSR count). The van der Waals surface area contributed by atoms with E-state index in [0.29, 0.717) is 0 Å². The van der Waals surface area contributed by atoms with Crippen molar-refractivity contribution < 1.29 is 0 Å². The van der Waals surface area contributed by atoms with E-state index in [9.17, 15) is 4.79 Å². The topological polar surface area (TPSA) is 34.9 Å². The van der Waals surface area contributed by atoms with E-state index in [1.165, 1.54) is 10.9 Å². The predicted octanol–water partition coefficient (Wildman–Crippen LogP) is 2.30. The van der Waals surface area contributed by atoms with Crippen molar-refractivity contribution in [1.29, 1.82) is 0 Å². The summed E-state index contributed by atoms with van der Waals surface area (Å²) in [6.45, 7) is 5.37. The van der Waals surface area contributed by atoms with Crippen molar-refractivity contribution in [2.45, 2.75) is 13.0 Å². The summed E-state index contributed by atoms with van der Waals surface area (Å²) in [5.74, 6) is 0. The highest BCUT2D eigenvalue weighted by atomic mass is 35.5. The van der Waals surface area contributed by atoms with Gasteiger partial charge in [0.1, 0.15) is 5.02 Å². The molecule has 0 saturated carbocycles. The molecule has 0 fully saturated rings. The lowest BCUT2D eigenvalue weighted by Crippen LogP contribution is -2.23. The van der Waals surface area contributed by atoms with Gasteiger partial charge in [0.2, 0.25) is 0 Å². The number of halogens is 2. The standard InChI is InChI=1S/C8H8Cl2N2O/c1-3-5(2)12-4-11-7(10)6(9)8(12)13/h3-5H,1H2,2H3. The first kappa shape index (κ1) is 10.3. The van der Waals surface area contributed by atoms with Crippen LogP contribution in [-0.4, -0.2) is 9.55 Å². The van der Waals surface area contributed by atoms with Gasteiger partial charge in [-0.05, 0) is 6.92 Å². The van der Waals surface area contributed by atoms with E-state index in [1.54, 1.807) is 13.0 Å². The molecule has 5 heteroatoms. The highest BCUT2D eigenvalue weighted by molar-refractivity contribution is 6.40. The Morgan fingerprint density at radius 3 is 2.85 bits per heavy atom. The Hall–Kier alpha value is -0.800. The number of allylic oxidation sites excluding steroid dienone is 1. The van der Waals surface area contributed by atoms with Gasteiger partial charge in [0.15, 0.2) is 5.15 Å². The van der Waals surface area contributed by atoms with Crippen LogP contribution >= 0.6 is 23.2 Å². The maximum absolute atomic E-state index is 11.4. The molecule has 0 amide bonds. The molecule has 1 heterocycles. The normalized spacial score (nSPS) is 12.5. The van der Waals surface area contributed by atoms with Crippen molar-refractivity contribution in [1.82, 2.24) is 9.55 Å². The Balaban J connectivity index is 3.34. The summed E-state index contributed by atoms with van der Waals surface area (Å²) in [6.07, 6.45) is 2.97. The first-order chi connectivity index (χ1) is 6.07. The maximum atomic E-state index is 11.4. The van der Waals surface area contributed by atoms with Crippen molar-refractivity contribution >= 4 is 23.2 Å².